The third-order valence-electron chi connectivity index (χ3n) is 12.3. The number of aliphatic hydroxyl groups is 7. The fourth-order valence-electron chi connectivity index (χ4n) is 7.99. The van der Waals surface area contributed by atoms with Crippen LogP contribution in [0.4, 0.5) is 0 Å². The van der Waals surface area contributed by atoms with E-state index >= 15 is 0 Å². The molecule has 2 aliphatic rings. The van der Waals surface area contributed by atoms with Crippen LogP contribution in [-0.4, -0.2) is 142 Å². The quantitative estimate of drug-likeness (QED) is 0.0181. The molecule has 11 atom stereocenters. The van der Waals surface area contributed by atoms with E-state index in [1.54, 1.807) is 0 Å². The van der Waals surface area contributed by atoms with Crippen molar-refractivity contribution in [2.75, 3.05) is 26.4 Å². The molecule has 4 unspecified atom stereocenters. The summed E-state index contributed by atoms with van der Waals surface area (Å²) in [5.74, 6) is -0.941. The Bertz CT molecular complexity index is 1310. The van der Waals surface area contributed by atoms with Crippen LogP contribution in [0.25, 0.3) is 0 Å². The fraction of sp³-hybridized carbons (Fsp3) is 0.846. The molecule has 0 radical (unpaired) electrons. The van der Waals surface area contributed by atoms with Gasteiger partial charge in [0.05, 0.1) is 19.8 Å². The molecule has 67 heavy (non-hydrogen) atoms. The Hall–Kier alpha value is -2.28. The summed E-state index contributed by atoms with van der Waals surface area (Å²) in [6.45, 7) is 2.52. The van der Waals surface area contributed by atoms with Crippen molar-refractivity contribution in [2.45, 2.75) is 255 Å². The molecule has 0 aliphatic carbocycles. The number of aliphatic hydroxyl groups excluding tert-OH is 7. The molecule has 0 saturated carbocycles. The maximum atomic E-state index is 13.0. The van der Waals surface area contributed by atoms with E-state index < -0.39 is 92.7 Å². The maximum absolute atomic E-state index is 13.0. The zero-order chi connectivity index (χ0) is 48.9. The number of ether oxygens (including phenoxy) is 6. The normalized spacial score (nSPS) is 26.2. The molecular weight excluding hydrogens is 865 g/mol. The van der Waals surface area contributed by atoms with Crippen molar-refractivity contribution < 1.29 is 73.8 Å². The van der Waals surface area contributed by atoms with Gasteiger partial charge in [0.15, 0.2) is 18.7 Å². The number of unbranched alkanes of at least 4 members (excludes halogenated alkanes) is 20. The van der Waals surface area contributed by atoms with Gasteiger partial charge < -0.3 is 64.2 Å². The van der Waals surface area contributed by atoms with E-state index in [-0.39, 0.29) is 26.1 Å². The van der Waals surface area contributed by atoms with E-state index in [0.29, 0.717) is 12.8 Å². The largest absolute Gasteiger partial charge is 0.462 e. The monoisotopic (exact) mass is 957 g/mol. The first-order chi connectivity index (χ1) is 32.5. The highest BCUT2D eigenvalue weighted by Gasteiger charge is 2.47. The summed E-state index contributed by atoms with van der Waals surface area (Å²) >= 11 is 0. The van der Waals surface area contributed by atoms with Crippen molar-refractivity contribution in [3.63, 3.8) is 0 Å². The third-order valence-corrected chi connectivity index (χ3v) is 12.3. The second-order valence-corrected chi connectivity index (χ2v) is 18.3. The van der Waals surface area contributed by atoms with Gasteiger partial charge in [-0.15, -0.1) is 0 Å². The SMILES string of the molecule is CCCC/C=C/C/C=C/CCCCCCCC(=O)O[C@@H](COC(=O)CCCCCCCCCCC/C=C/CCCCCC)CO[C@@H]1O[C@H](CO[C@@H]2O[C@H](CO)[C@H](O)C(O)C2O)[C@H](O)C(O)C1O. The van der Waals surface area contributed by atoms with E-state index in [4.69, 9.17) is 28.4 Å². The second kappa shape index (κ2) is 39.4. The van der Waals surface area contributed by atoms with Gasteiger partial charge in [0, 0.05) is 12.8 Å². The van der Waals surface area contributed by atoms with Gasteiger partial charge in [-0.3, -0.25) is 9.59 Å². The lowest BCUT2D eigenvalue weighted by Crippen LogP contribution is -2.61. The first kappa shape index (κ1) is 60.8. The molecule has 0 aromatic carbocycles. The highest BCUT2D eigenvalue weighted by molar-refractivity contribution is 5.70. The van der Waals surface area contributed by atoms with Gasteiger partial charge in [0.1, 0.15) is 55.4 Å². The molecule has 2 rings (SSSR count). The van der Waals surface area contributed by atoms with Crippen LogP contribution in [0.2, 0.25) is 0 Å². The summed E-state index contributed by atoms with van der Waals surface area (Å²) in [6, 6.07) is 0. The summed E-state index contributed by atoms with van der Waals surface area (Å²) in [5, 5.41) is 72.1. The number of esters is 2. The van der Waals surface area contributed by atoms with Crippen LogP contribution < -0.4 is 0 Å². The summed E-state index contributed by atoms with van der Waals surface area (Å²) < 4.78 is 33.6. The molecule has 7 N–H and O–H groups in total. The van der Waals surface area contributed by atoms with E-state index in [1.807, 2.05) is 0 Å². The van der Waals surface area contributed by atoms with Crippen molar-refractivity contribution in [1.29, 1.82) is 0 Å². The van der Waals surface area contributed by atoms with Gasteiger partial charge in [0.25, 0.3) is 0 Å². The van der Waals surface area contributed by atoms with Crippen LogP contribution in [0.1, 0.15) is 187 Å². The van der Waals surface area contributed by atoms with Crippen LogP contribution in [0.3, 0.4) is 0 Å². The van der Waals surface area contributed by atoms with Crippen LogP contribution in [0.15, 0.2) is 36.5 Å². The molecule has 2 fully saturated rings. The number of rotatable bonds is 40. The van der Waals surface area contributed by atoms with Crippen molar-refractivity contribution in [1.82, 2.24) is 0 Å². The molecule has 15 heteroatoms. The van der Waals surface area contributed by atoms with Crippen LogP contribution in [-0.2, 0) is 38.0 Å². The summed E-state index contributed by atoms with van der Waals surface area (Å²) in [7, 11) is 0. The van der Waals surface area contributed by atoms with Crippen molar-refractivity contribution in [3.05, 3.63) is 36.5 Å². The van der Waals surface area contributed by atoms with Gasteiger partial charge >= 0.3 is 11.9 Å². The lowest BCUT2D eigenvalue weighted by Gasteiger charge is -2.42. The molecular formula is C52H92O15. The predicted octanol–water partition coefficient (Wildman–Crippen LogP) is 7.32. The van der Waals surface area contributed by atoms with E-state index in [0.717, 1.165) is 64.2 Å². The van der Waals surface area contributed by atoms with Crippen LogP contribution >= 0.6 is 0 Å². The Balaban J connectivity index is 1.80. The smallest absolute Gasteiger partial charge is 0.306 e. The molecule has 2 aliphatic heterocycles. The topological polar surface area (TPSA) is 231 Å². The molecule has 15 nitrogen and oxygen atoms in total. The van der Waals surface area contributed by atoms with Crippen LogP contribution in [0, 0.1) is 0 Å². The molecule has 2 heterocycles. The van der Waals surface area contributed by atoms with Gasteiger partial charge in [-0.2, -0.15) is 0 Å². The van der Waals surface area contributed by atoms with Crippen molar-refractivity contribution >= 4 is 11.9 Å². The molecule has 2 saturated heterocycles. The average molecular weight is 957 g/mol. The van der Waals surface area contributed by atoms with Crippen molar-refractivity contribution in [3.8, 4) is 0 Å². The number of hydrogen-bond acceptors (Lipinski definition) is 15. The summed E-state index contributed by atoms with van der Waals surface area (Å²) in [6.07, 6.45) is 24.5. The number of allylic oxidation sites excluding steroid dienone is 6. The molecule has 0 bridgehead atoms. The zero-order valence-electron chi connectivity index (χ0n) is 41.1. The van der Waals surface area contributed by atoms with E-state index in [9.17, 15) is 45.3 Å². The van der Waals surface area contributed by atoms with Gasteiger partial charge in [-0.25, -0.2) is 0 Å². The Kier molecular flexibility index (Phi) is 35.8. The first-order valence-corrected chi connectivity index (χ1v) is 26.1. The standard InChI is InChI=1S/C52H92O15/c1-3-5-7-9-11-13-15-17-19-20-21-23-24-26-28-30-32-34-43(54)62-37-40(65-44(55)35-33-31-29-27-25-22-18-16-14-12-10-8-6-4-2)38-63-51-50(61)48(59)46(57)42(67-51)39-64-52-49(60)47(58)45(56)41(36-53)66-52/h10,12-13,15-16,18,40-42,45-53,56-61H,3-9,11,14,17,19-39H2,1-2H3/b12-10+,15-13+,18-16+/t40-,41+,42+,45-,46-,47?,48?,49?,50?,51+,52+/m0/s1. The van der Waals surface area contributed by atoms with Gasteiger partial charge in [0.2, 0.25) is 0 Å². The Morgan fingerprint density at radius 1 is 0.478 bits per heavy atom. The molecule has 0 amide bonds. The van der Waals surface area contributed by atoms with E-state index in [2.05, 4.69) is 50.3 Å². The second-order valence-electron chi connectivity index (χ2n) is 18.3. The number of carbonyl (C=O) groups excluding carboxylic acids is 2. The Morgan fingerprint density at radius 3 is 1.45 bits per heavy atom. The van der Waals surface area contributed by atoms with Gasteiger partial charge in [-0.05, 0) is 64.2 Å². The fourth-order valence-corrected chi connectivity index (χ4v) is 7.99. The zero-order valence-corrected chi connectivity index (χ0v) is 41.1. The minimum Gasteiger partial charge on any atom is -0.462 e. The molecule has 0 spiro atoms. The Labute approximate surface area is 402 Å². The van der Waals surface area contributed by atoms with Gasteiger partial charge in [-0.1, -0.05) is 147 Å². The maximum Gasteiger partial charge on any atom is 0.306 e. The third kappa shape index (κ3) is 27.6. The van der Waals surface area contributed by atoms with Crippen LogP contribution in [0.5, 0.6) is 0 Å². The number of carbonyl (C=O) groups is 2. The molecule has 390 valence electrons. The molecule has 0 aromatic rings. The first-order valence-electron chi connectivity index (χ1n) is 26.1. The predicted molar refractivity (Wildman–Crippen MR) is 257 cm³/mol. The summed E-state index contributed by atoms with van der Waals surface area (Å²) in [5.41, 5.74) is 0. The van der Waals surface area contributed by atoms with Crippen molar-refractivity contribution in [2.24, 2.45) is 0 Å². The summed E-state index contributed by atoms with van der Waals surface area (Å²) in [4.78, 5) is 25.8. The molecule has 0 aromatic heterocycles. The lowest BCUT2D eigenvalue weighted by atomic mass is 9.98. The number of hydrogen-bond donors (Lipinski definition) is 7. The minimum absolute atomic E-state index is 0.149. The van der Waals surface area contributed by atoms with E-state index in [1.165, 1.54) is 83.5 Å². The average Bonchev–Trinajstić information content (AvgIpc) is 3.32. The Morgan fingerprint density at radius 2 is 0.910 bits per heavy atom. The lowest BCUT2D eigenvalue weighted by molar-refractivity contribution is -0.332. The highest BCUT2D eigenvalue weighted by Crippen LogP contribution is 2.26. The highest BCUT2D eigenvalue weighted by atomic mass is 16.7. The minimum atomic E-state index is -1.77.